The first kappa shape index (κ1) is 8.52. The van der Waals surface area contributed by atoms with E-state index in [0.29, 0.717) is 12.2 Å². The van der Waals surface area contributed by atoms with E-state index in [1.165, 1.54) is 38.5 Å². The predicted molar refractivity (Wildman–Crippen MR) is 46.9 cm³/mol. The summed E-state index contributed by atoms with van der Waals surface area (Å²) in [6.07, 6.45) is 8.63. The molecule has 0 bridgehead atoms. The Balaban J connectivity index is 1.58. The molecule has 0 aromatic rings. The number of hydrogen-bond donors (Lipinski definition) is 0. The summed E-state index contributed by atoms with van der Waals surface area (Å²) < 4.78 is 11.3. The maximum atomic E-state index is 5.67. The van der Waals surface area contributed by atoms with Crippen molar-refractivity contribution in [2.24, 2.45) is 0 Å². The van der Waals surface area contributed by atoms with Crippen LogP contribution >= 0.6 is 0 Å². The predicted octanol–water partition coefficient (Wildman–Crippen LogP) is 2.47. The zero-order valence-electron chi connectivity index (χ0n) is 7.79. The van der Waals surface area contributed by atoms with Crippen LogP contribution in [0.5, 0.6) is 0 Å². The second-order valence-corrected chi connectivity index (χ2v) is 3.95. The van der Waals surface area contributed by atoms with Gasteiger partial charge in [-0.3, -0.25) is 0 Å². The standard InChI is InChI=1S/C10H18O2/c1-8(11-9-4-2-5-9)12-10-6-3-7-10/h8-10H,2-7H2,1H3. The summed E-state index contributed by atoms with van der Waals surface area (Å²) in [7, 11) is 0. The Morgan fingerprint density at radius 2 is 1.33 bits per heavy atom. The maximum Gasteiger partial charge on any atom is 0.155 e. The molecule has 2 saturated carbocycles. The molecule has 2 fully saturated rings. The van der Waals surface area contributed by atoms with Crippen molar-refractivity contribution in [1.82, 2.24) is 0 Å². The molecule has 0 spiro atoms. The average molecular weight is 170 g/mol. The van der Waals surface area contributed by atoms with Crippen LogP contribution in [0, 0.1) is 0 Å². The molecule has 0 atom stereocenters. The maximum absolute atomic E-state index is 5.67. The lowest BCUT2D eigenvalue weighted by Gasteiger charge is -2.33. The van der Waals surface area contributed by atoms with Gasteiger partial charge in [-0.15, -0.1) is 0 Å². The third kappa shape index (κ3) is 1.99. The van der Waals surface area contributed by atoms with Crippen LogP contribution in [-0.4, -0.2) is 18.5 Å². The van der Waals surface area contributed by atoms with Gasteiger partial charge in [-0.1, -0.05) is 0 Å². The fourth-order valence-electron chi connectivity index (χ4n) is 1.59. The molecular formula is C10H18O2. The first-order valence-electron chi connectivity index (χ1n) is 5.15. The summed E-state index contributed by atoms with van der Waals surface area (Å²) in [5, 5.41) is 0. The summed E-state index contributed by atoms with van der Waals surface area (Å²) in [6, 6.07) is 0. The van der Waals surface area contributed by atoms with E-state index >= 15 is 0 Å². The quantitative estimate of drug-likeness (QED) is 0.603. The van der Waals surface area contributed by atoms with Gasteiger partial charge in [0.2, 0.25) is 0 Å². The van der Waals surface area contributed by atoms with Crippen molar-refractivity contribution in [3.63, 3.8) is 0 Å². The highest BCUT2D eigenvalue weighted by molar-refractivity contribution is 4.71. The Labute approximate surface area is 74.2 Å². The fourth-order valence-corrected chi connectivity index (χ4v) is 1.59. The van der Waals surface area contributed by atoms with Gasteiger partial charge in [0, 0.05) is 0 Å². The van der Waals surface area contributed by atoms with E-state index in [-0.39, 0.29) is 6.29 Å². The van der Waals surface area contributed by atoms with E-state index in [2.05, 4.69) is 0 Å². The van der Waals surface area contributed by atoms with E-state index in [0.717, 1.165) is 0 Å². The highest BCUT2D eigenvalue weighted by atomic mass is 16.7. The summed E-state index contributed by atoms with van der Waals surface area (Å²) >= 11 is 0. The molecule has 0 aromatic heterocycles. The zero-order chi connectivity index (χ0) is 8.39. The number of ether oxygens (including phenoxy) is 2. The Morgan fingerprint density at radius 3 is 1.58 bits per heavy atom. The molecule has 2 aliphatic rings. The van der Waals surface area contributed by atoms with Gasteiger partial charge in [0.15, 0.2) is 6.29 Å². The van der Waals surface area contributed by atoms with E-state index in [1.807, 2.05) is 6.92 Å². The highest BCUT2D eigenvalue weighted by Crippen LogP contribution is 2.27. The smallest absolute Gasteiger partial charge is 0.155 e. The van der Waals surface area contributed by atoms with Gasteiger partial charge in [0.05, 0.1) is 12.2 Å². The molecule has 2 aliphatic carbocycles. The molecule has 0 aliphatic heterocycles. The van der Waals surface area contributed by atoms with Gasteiger partial charge in [0.1, 0.15) is 0 Å². The summed E-state index contributed by atoms with van der Waals surface area (Å²) in [6.45, 7) is 2.02. The Bertz CT molecular complexity index is 123. The van der Waals surface area contributed by atoms with Crippen LogP contribution in [0.15, 0.2) is 0 Å². The zero-order valence-corrected chi connectivity index (χ0v) is 7.79. The van der Waals surface area contributed by atoms with Gasteiger partial charge < -0.3 is 9.47 Å². The second kappa shape index (κ2) is 3.75. The molecule has 0 radical (unpaired) electrons. The summed E-state index contributed by atoms with van der Waals surface area (Å²) in [4.78, 5) is 0. The second-order valence-electron chi connectivity index (χ2n) is 3.95. The molecule has 0 N–H and O–H groups in total. The SMILES string of the molecule is CC(OC1CCC1)OC1CCC1. The van der Waals surface area contributed by atoms with Crippen LogP contribution in [-0.2, 0) is 9.47 Å². The summed E-state index contributed by atoms with van der Waals surface area (Å²) in [5.74, 6) is 0. The minimum absolute atomic E-state index is 0.0283. The molecule has 0 saturated heterocycles. The average Bonchev–Trinajstić information content (AvgIpc) is 1.89. The van der Waals surface area contributed by atoms with E-state index in [9.17, 15) is 0 Å². The van der Waals surface area contributed by atoms with Crippen LogP contribution in [0.3, 0.4) is 0 Å². The number of rotatable bonds is 4. The molecule has 2 heteroatoms. The molecular weight excluding hydrogens is 152 g/mol. The molecule has 0 aromatic carbocycles. The molecule has 2 nitrogen and oxygen atoms in total. The van der Waals surface area contributed by atoms with Gasteiger partial charge >= 0.3 is 0 Å². The lowest BCUT2D eigenvalue weighted by Crippen LogP contribution is -2.32. The monoisotopic (exact) mass is 170 g/mol. The van der Waals surface area contributed by atoms with Crippen molar-refractivity contribution in [2.75, 3.05) is 0 Å². The third-order valence-corrected chi connectivity index (χ3v) is 2.87. The largest absolute Gasteiger partial charge is 0.350 e. The van der Waals surface area contributed by atoms with E-state index < -0.39 is 0 Å². The van der Waals surface area contributed by atoms with Gasteiger partial charge in [-0.2, -0.15) is 0 Å². The normalized spacial score (nSPS) is 25.5. The Hall–Kier alpha value is -0.0800. The molecule has 0 heterocycles. The van der Waals surface area contributed by atoms with Crippen LogP contribution in [0.1, 0.15) is 45.4 Å². The van der Waals surface area contributed by atoms with Gasteiger partial charge in [-0.05, 0) is 45.4 Å². The molecule has 12 heavy (non-hydrogen) atoms. The van der Waals surface area contributed by atoms with Gasteiger partial charge in [-0.25, -0.2) is 0 Å². The Morgan fingerprint density at radius 1 is 0.917 bits per heavy atom. The first-order chi connectivity index (χ1) is 5.84. The lowest BCUT2D eigenvalue weighted by atomic mass is 9.96. The Kier molecular flexibility index (Phi) is 2.66. The van der Waals surface area contributed by atoms with Crippen LogP contribution < -0.4 is 0 Å². The molecule has 2 rings (SSSR count). The highest BCUT2D eigenvalue weighted by Gasteiger charge is 2.24. The lowest BCUT2D eigenvalue weighted by molar-refractivity contribution is -0.209. The topological polar surface area (TPSA) is 18.5 Å². The minimum Gasteiger partial charge on any atom is -0.350 e. The van der Waals surface area contributed by atoms with Crippen molar-refractivity contribution in [3.05, 3.63) is 0 Å². The van der Waals surface area contributed by atoms with Crippen molar-refractivity contribution in [3.8, 4) is 0 Å². The first-order valence-corrected chi connectivity index (χ1v) is 5.15. The molecule has 0 unspecified atom stereocenters. The van der Waals surface area contributed by atoms with E-state index in [4.69, 9.17) is 9.47 Å². The van der Waals surface area contributed by atoms with E-state index in [1.54, 1.807) is 0 Å². The molecule has 70 valence electrons. The van der Waals surface area contributed by atoms with Crippen molar-refractivity contribution in [1.29, 1.82) is 0 Å². The summed E-state index contributed by atoms with van der Waals surface area (Å²) in [5.41, 5.74) is 0. The minimum atomic E-state index is 0.0283. The van der Waals surface area contributed by atoms with Crippen molar-refractivity contribution < 1.29 is 9.47 Å². The van der Waals surface area contributed by atoms with Crippen molar-refractivity contribution in [2.45, 2.75) is 63.9 Å². The fraction of sp³-hybridized carbons (Fsp3) is 1.00. The van der Waals surface area contributed by atoms with Crippen molar-refractivity contribution >= 4 is 0 Å². The van der Waals surface area contributed by atoms with Crippen LogP contribution in [0.2, 0.25) is 0 Å². The van der Waals surface area contributed by atoms with Crippen LogP contribution in [0.4, 0.5) is 0 Å². The molecule has 0 amide bonds. The van der Waals surface area contributed by atoms with Gasteiger partial charge in [0.25, 0.3) is 0 Å². The number of hydrogen-bond acceptors (Lipinski definition) is 2. The van der Waals surface area contributed by atoms with Crippen LogP contribution in [0.25, 0.3) is 0 Å². The third-order valence-electron chi connectivity index (χ3n) is 2.87.